The zero-order valence-electron chi connectivity index (χ0n) is 16.1. The minimum atomic E-state index is -0.306. The Morgan fingerprint density at radius 1 is 1.14 bits per heavy atom. The topological polar surface area (TPSA) is 97.0 Å². The van der Waals surface area contributed by atoms with Crippen molar-refractivity contribution in [2.45, 2.75) is 50.7 Å². The van der Waals surface area contributed by atoms with Crippen LogP contribution in [0.25, 0.3) is 0 Å². The molecular formula is C19H24ClN3O5. The molecule has 2 aliphatic rings. The van der Waals surface area contributed by atoms with Crippen molar-refractivity contribution >= 4 is 35.2 Å². The monoisotopic (exact) mass is 409 g/mol. The summed E-state index contributed by atoms with van der Waals surface area (Å²) in [4.78, 5) is 37.9. The molecule has 9 heteroatoms. The number of ether oxygens (including phenoxy) is 2. The van der Waals surface area contributed by atoms with Gasteiger partial charge in [-0.3, -0.25) is 9.59 Å². The third-order valence-electron chi connectivity index (χ3n) is 5.30. The van der Waals surface area contributed by atoms with Gasteiger partial charge in [0.25, 0.3) is 5.91 Å². The Labute approximate surface area is 168 Å². The molecule has 2 saturated heterocycles. The van der Waals surface area contributed by atoms with Crippen molar-refractivity contribution in [1.29, 1.82) is 0 Å². The van der Waals surface area contributed by atoms with Crippen LogP contribution in [0.3, 0.4) is 0 Å². The fourth-order valence-corrected chi connectivity index (χ4v) is 4.36. The standard InChI is InChI=1S/C19H24ClN3O5/c1-10(24)21-16-9-17(27-2)14(8-15(16)20)18(25)22-11-6-12-4-5-13(7-11)23(12)19(26)28-3/h8-9,11-13H,4-7H2,1-3H3,(H,21,24)(H,22,25)/t11?,12-,13+. The van der Waals surface area contributed by atoms with Gasteiger partial charge in [-0.1, -0.05) is 11.6 Å². The molecule has 3 amide bonds. The van der Waals surface area contributed by atoms with Crippen LogP contribution < -0.4 is 15.4 Å². The zero-order chi connectivity index (χ0) is 20.4. The molecule has 0 spiro atoms. The minimum Gasteiger partial charge on any atom is -0.496 e. The van der Waals surface area contributed by atoms with E-state index in [0.717, 1.165) is 12.8 Å². The Morgan fingerprint density at radius 2 is 1.79 bits per heavy atom. The number of nitrogens with one attached hydrogen (secondary N) is 2. The fourth-order valence-electron chi connectivity index (χ4n) is 4.15. The van der Waals surface area contributed by atoms with Gasteiger partial charge in [0.15, 0.2) is 0 Å². The highest BCUT2D eigenvalue weighted by Gasteiger charge is 2.44. The molecule has 1 aromatic carbocycles. The van der Waals surface area contributed by atoms with Gasteiger partial charge in [-0.25, -0.2) is 4.79 Å². The van der Waals surface area contributed by atoms with Crippen LogP contribution >= 0.6 is 11.6 Å². The molecule has 2 fully saturated rings. The first-order valence-corrected chi connectivity index (χ1v) is 9.54. The summed E-state index contributed by atoms with van der Waals surface area (Å²) < 4.78 is 10.2. The number of rotatable bonds is 4. The van der Waals surface area contributed by atoms with E-state index < -0.39 is 0 Å². The molecule has 28 heavy (non-hydrogen) atoms. The molecule has 1 aromatic rings. The SMILES string of the molecule is COC(=O)N1[C@@H]2CC[C@H]1CC(NC(=O)c1cc(Cl)c(NC(C)=O)cc1OC)C2. The number of hydrogen-bond donors (Lipinski definition) is 2. The molecule has 2 bridgehead atoms. The van der Waals surface area contributed by atoms with Gasteiger partial charge in [-0.2, -0.15) is 0 Å². The molecule has 0 aromatic heterocycles. The largest absolute Gasteiger partial charge is 0.496 e. The summed E-state index contributed by atoms with van der Waals surface area (Å²) >= 11 is 6.21. The Hall–Kier alpha value is -2.48. The molecule has 3 rings (SSSR count). The predicted molar refractivity (Wildman–Crippen MR) is 104 cm³/mol. The van der Waals surface area contributed by atoms with Gasteiger partial charge < -0.3 is 25.0 Å². The van der Waals surface area contributed by atoms with E-state index in [1.807, 2.05) is 0 Å². The van der Waals surface area contributed by atoms with Crippen LogP contribution in [0.5, 0.6) is 5.75 Å². The third-order valence-corrected chi connectivity index (χ3v) is 5.61. The molecule has 0 radical (unpaired) electrons. The molecule has 8 nitrogen and oxygen atoms in total. The highest BCUT2D eigenvalue weighted by Crippen LogP contribution is 2.37. The van der Waals surface area contributed by atoms with Crippen LogP contribution in [-0.4, -0.2) is 55.2 Å². The number of piperidine rings is 1. The van der Waals surface area contributed by atoms with E-state index >= 15 is 0 Å². The minimum absolute atomic E-state index is 0.0515. The second kappa shape index (κ2) is 8.26. The number of hydrogen-bond acceptors (Lipinski definition) is 5. The lowest BCUT2D eigenvalue weighted by atomic mass is 9.97. The molecule has 2 N–H and O–H groups in total. The smallest absolute Gasteiger partial charge is 0.409 e. The number of anilines is 1. The first-order chi connectivity index (χ1) is 13.3. The Kier molecular flexibility index (Phi) is 5.98. The van der Waals surface area contributed by atoms with Gasteiger partial charge in [0.05, 0.1) is 30.5 Å². The number of amides is 3. The van der Waals surface area contributed by atoms with Crippen LogP contribution in [-0.2, 0) is 9.53 Å². The van der Waals surface area contributed by atoms with Crippen molar-refractivity contribution in [3.63, 3.8) is 0 Å². The van der Waals surface area contributed by atoms with Crippen molar-refractivity contribution in [3.8, 4) is 5.75 Å². The maximum Gasteiger partial charge on any atom is 0.409 e. The molecule has 152 valence electrons. The maximum atomic E-state index is 12.8. The molecule has 0 saturated carbocycles. The molecule has 3 atom stereocenters. The lowest BCUT2D eigenvalue weighted by Crippen LogP contribution is -2.52. The van der Waals surface area contributed by atoms with Gasteiger partial charge in [-0.05, 0) is 31.7 Å². The maximum absolute atomic E-state index is 12.8. The first-order valence-electron chi connectivity index (χ1n) is 9.16. The van der Waals surface area contributed by atoms with E-state index in [4.69, 9.17) is 21.1 Å². The summed E-state index contributed by atoms with van der Waals surface area (Å²) in [5, 5.41) is 5.89. The Balaban J connectivity index is 1.73. The fraction of sp³-hybridized carbons (Fsp3) is 0.526. The van der Waals surface area contributed by atoms with Crippen molar-refractivity contribution < 1.29 is 23.9 Å². The predicted octanol–water partition coefficient (Wildman–Crippen LogP) is 2.80. The zero-order valence-corrected chi connectivity index (χ0v) is 16.8. The van der Waals surface area contributed by atoms with Crippen molar-refractivity contribution in [2.24, 2.45) is 0 Å². The first kappa shape index (κ1) is 20.3. The molecule has 2 aliphatic heterocycles. The van der Waals surface area contributed by atoms with Crippen LogP contribution in [0.15, 0.2) is 12.1 Å². The number of fused-ring (bicyclic) bond motifs is 2. The van der Waals surface area contributed by atoms with E-state index in [1.54, 1.807) is 4.90 Å². The summed E-state index contributed by atoms with van der Waals surface area (Å²) in [7, 11) is 2.84. The lowest BCUT2D eigenvalue weighted by molar-refractivity contribution is -0.114. The number of benzene rings is 1. The van der Waals surface area contributed by atoms with E-state index in [1.165, 1.54) is 33.3 Å². The molecule has 1 unspecified atom stereocenters. The summed E-state index contributed by atoms with van der Waals surface area (Å²) in [6.07, 6.45) is 2.87. The van der Waals surface area contributed by atoms with Crippen LogP contribution in [0, 0.1) is 0 Å². The van der Waals surface area contributed by atoms with E-state index in [9.17, 15) is 14.4 Å². The average molecular weight is 410 g/mol. The Morgan fingerprint density at radius 3 is 2.32 bits per heavy atom. The van der Waals surface area contributed by atoms with Gasteiger partial charge >= 0.3 is 6.09 Å². The van der Waals surface area contributed by atoms with E-state index in [2.05, 4.69) is 10.6 Å². The molecule has 0 aliphatic carbocycles. The molecule has 2 heterocycles. The van der Waals surface area contributed by atoms with Crippen LogP contribution in [0.4, 0.5) is 10.5 Å². The number of carbonyl (C=O) groups is 3. The highest BCUT2D eigenvalue weighted by atomic mass is 35.5. The summed E-state index contributed by atoms with van der Waals surface area (Å²) in [5.41, 5.74) is 0.677. The van der Waals surface area contributed by atoms with E-state index in [0.29, 0.717) is 29.8 Å². The summed E-state index contributed by atoms with van der Waals surface area (Å²) in [5.74, 6) is -0.251. The van der Waals surface area contributed by atoms with E-state index in [-0.39, 0.29) is 41.1 Å². The van der Waals surface area contributed by atoms with Gasteiger partial charge in [0, 0.05) is 31.1 Å². The van der Waals surface area contributed by atoms with Crippen molar-refractivity contribution in [1.82, 2.24) is 10.2 Å². The summed E-state index contributed by atoms with van der Waals surface area (Å²) in [6.45, 7) is 1.37. The number of nitrogens with zero attached hydrogens (tertiary/aromatic N) is 1. The Bertz CT molecular complexity index is 786. The van der Waals surface area contributed by atoms with Gasteiger partial charge in [0.1, 0.15) is 5.75 Å². The van der Waals surface area contributed by atoms with Crippen LogP contribution in [0.2, 0.25) is 5.02 Å². The number of halogens is 1. The molecular weight excluding hydrogens is 386 g/mol. The van der Waals surface area contributed by atoms with Crippen LogP contribution in [0.1, 0.15) is 43.0 Å². The quantitative estimate of drug-likeness (QED) is 0.797. The van der Waals surface area contributed by atoms with Crippen molar-refractivity contribution in [2.75, 3.05) is 19.5 Å². The number of carbonyl (C=O) groups excluding carboxylic acids is 3. The second-order valence-corrected chi connectivity index (χ2v) is 7.52. The lowest BCUT2D eigenvalue weighted by Gasteiger charge is -2.38. The third kappa shape index (κ3) is 4.01. The number of methoxy groups -OCH3 is 2. The normalized spacial score (nSPS) is 23.1. The van der Waals surface area contributed by atoms with Gasteiger partial charge in [-0.15, -0.1) is 0 Å². The second-order valence-electron chi connectivity index (χ2n) is 7.12. The highest BCUT2D eigenvalue weighted by molar-refractivity contribution is 6.34. The van der Waals surface area contributed by atoms with Crippen molar-refractivity contribution in [3.05, 3.63) is 22.7 Å². The average Bonchev–Trinajstić information content (AvgIpc) is 2.92. The summed E-state index contributed by atoms with van der Waals surface area (Å²) in [6, 6.07) is 3.11. The van der Waals surface area contributed by atoms with Gasteiger partial charge in [0.2, 0.25) is 5.91 Å².